The van der Waals surface area contributed by atoms with Crippen LogP contribution in [0.1, 0.15) is 48.5 Å². The number of benzene rings is 2. The van der Waals surface area contributed by atoms with E-state index in [0.717, 1.165) is 24.6 Å². The van der Waals surface area contributed by atoms with Crippen molar-refractivity contribution in [1.82, 2.24) is 15.1 Å². The number of ether oxygens (including phenoxy) is 2. The summed E-state index contributed by atoms with van der Waals surface area (Å²) in [7, 11) is 0. The number of nitro groups is 1. The second-order valence-electron chi connectivity index (χ2n) is 10.6. The number of thioether (sulfide) groups is 1. The molecule has 0 saturated carbocycles. The largest absolute Gasteiger partial charge is 0.450 e. The molecule has 43 heavy (non-hydrogen) atoms. The van der Waals surface area contributed by atoms with Gasteiger partial charge in [0.2, 0.25) is 11.0 Å². The fourth-order valence-corrected chi connectivity index (χ4v) is 6.14. The fourth-order valence-electron chi connectivity index (χ4n) is 5.05. The van der Waals surface area contributed by atoms with Crippen LogP contribution < -0.4 is 5.32 Å². The monoisotopic (exact) mass is 612 g/mol. The van der Waals surface area contributed by atoms with E-state index in [1.807, 2.05) is 13.0 Å². The van der Waals surface area contributed by atoms with Crippen molar-refractivity contribution < 1.29 is 33.6 Å². The molecule has 0 aromatic heterocycles. The number of rotatable bonds is 11. The average molecular weight is 613 g/mol. The number of carbonyl (C=O) groups is 4. The van der Waals surface area contributed by atoms with Crippen LogP contribution in [-0.2, 0) is 20.9 Å². The number of nitrogens with zero attached hydrogens (tertiary/aromatic N) is 3. The number of non-ortho nitro benzene ring substituents is 1. The van der Waals surface area contributed by atoms with Gasteiger partial charge in [0.15, 0.2) is 0 Å². The first kappa shape index (κ1) is 31.8. The normalized spacial score (nSPS) is 19.6. The minimum atomic E-state index is -0.809. The molecule has 2 aromatic carbocycles. The molecule has 4 rings (SSSR count). The van der Waals surface area contributed by atoms with E-state index in [9.17, 15) is 29.3 Å². The topological polar surface area (TPSA) is 148 Å². The minimum absolute atomic E-state index is 0.0523. The Labute approximate surface area is 254 Å². The second-order valence-corrected chi connectivity index (χ2v) is 11.9. The van der Waals surface area contributed by atoms with Gasteiger partial charge in [0, 0.05) is 49.1 Å². The molecule has 0 spiro atoms. The van der Waals surface area contributed by atoms with Crippen LogP contribution >= 0.6 is 11.8 Å². The quantitative estimate of drug-likeness (QED) is 0.218. The van der Waals surface area contributed by atoms with E-state index >= 15 is 0 Å². The molecular formula is C30H36N4O8S. The summed E-state index contributed by atoms with van der Waals surface area (Å²) in [5, 5.41) is 13.2. The molecule has 12 nitrogen and oxygen atoms in total. The highest BCUT2D eigenvalue weighted by molar-refractivity contribution is 8.14. The molecule has 2 heterocycles. The zero-order valence-corrected chi connectivity index (χ0v) is 24.8. The molecule has 2 aliphatic rings. The molecule has 2 aromatic rings. The number of likely N-dealkylation sites (tertiary alicyclic amines) is 2. The van der Waals surface area contributed by atoms with E-state index in [4.69, 9.17) is 9.47 Å². The molecule has 0 radical (unpaired) electrons. The maximum atomic E-state index is 13.7. The van der Waals surface area contributed by atoms with E-state index < -0.39 is 23.2 Å². The lowest BCUT2D eigenvalue weighted by Crippen LogP contribution is -2.47. The highest BCUT2D eigenvalue weighted by Gasteiger charge is 2.44. The third-order valence-corrected chi connectivity index (χ3v) is 8.56. The summed E-state index contributed by atoms with van der Waals surface area (Å²) in [6.07, 6.45) is 1.54. The van der Waals surface area contributed by atoms with Gasteiger partial charge in [0.1, 0.15) is 12.6 Å². The predicted octanol–water partition coefficient (Wildman–Crippen LogP) is 4.62. The third kappa shape index (κ3) is 8.93. The van der Waals surface area contributed by atoms with E-state index in [1.54, 1.807) is 29.2 Å². The molecule has 2 aliphatic heterocycles. The van der Waals surface area contributed by atoms with Crippen molar-refractivity contribution in [2.24, 2.45) is 5.92 Å². The van der Waals surface area contributed by atoms with E-state index in [0.29, 0.717) is 43.8 Å². The number of alkyl carbamates (subject to hydrolysis) is 1. The van der Waals surface area contributed by atoms with Crippen molar-refractivity contribution in [3.8, 4) is 0 Å². The molecule has 0 bridgehead atoms. The zero-order chi connectivity index (χ0) is 30.8. The molecule has 1 unspecified atom stereocenters. The Kier molecular flexibility index (Phi) is 11.4. The molecule has 230 valence electrons. The molecular weight excluding hydrogens is 576 g/mol. The molecule has 0 aliphatic carbocycles. The van der Waals surface area contributed by atoms with Crippen LogP contribution in [0.2, 0.25) is 0 Å². The van der Waals surface area contributed by atoms with Gasteiger partial charge in [-0.25, -0.2) is 9.59 Å². The SMILES string of the molecule is CCCCOC(=O)NCC1CCN(C(=O)[C@@H]2C[C@H](SC(=O)c3ccccc3)CN2C(=O)OCc2ccc([N+](=O)[O-])cc2)C1. The predicted molar refractivity (Wildman–Crippen MR) is 159 cm³/mol. The second kappa shape index (κ2) is 15.4. The number of unbranched alkanes of at least 4 members (excludes halogenated alkanes) is 1. The molecule has 3 atom stereocenters. The van der Waals surface area contributed by atoms with Crippen LogP contribution in [-0.4, -0.2) is 82.0 Å². The van der Waals surface area contributed by atoms with E-state index in [1.165, 1.54) is 29.2 Å². The van der Waals surface area contributed by atoms with Gasteiger partial charge in [-0.1, -0.05) is 55.4 Å². The van der Waals surface area contributed by atoms with Crippen LogP contribution in [0.5, 0.6) is 0 Å². The highest BCUT2D eigenvalue weighted by Crippen LogP contribution is 2.32. The van der Waals surface area contributed by atoms with Gasteiger partial charge in [-0.15, -0.1) is 0 Å². The lowest BCUT2D eigenvalue weighted by molar-refractivity contribution is -0.384. The molecule has 13 heteroatoms. The molecule has 2 saturated heterocycles. The van der Waals surface area contributed by atoms with Gasteiger partial charge in [0.25, 0.3) is 5.69 Å². The van der Waals surface area contributed by atoms with E-state index in [2.05, 4.69) is 5.32 Å². The Morgan fingerprint density at radius 1 is 1.05 bits per heavy atom. The number of nitro benzene ring substituents is 1. The molecule has 3 amide bonds. The Bertz CT molecular complexity index is 1290. The Morgan fingerprint density at radius 3 is 2.49 bits per heavy atom. The Balaban J connectivity index is 1.38. The number of amides is 3. The van der Waals surface area contributed by atoms with Gasteiger partial charge in [-0.3, -0.25) is 24.6 Å². The van der Waals surface area contributed by atoms with Crippen LogP contribution in [0.15, 0.2) is 54.6 Å². The number of hydrogen-bond donors (Lipinski definition) is 1. The maximum Gasteiger partial charge on any atom is 0.410 e. The van der Waals surface area contributed by atoms with Gasteiger partial charge in [0.05, 0.1) is 11.5 Å². The smallest absolute Gasteiger partial charge is 0.410 e. The van der Waals surface area contributed by atoms with Crippen molar-refractivity contribution in [3.63, 3.8) is 0 Å². The summed E-state index contributed by atoms with van der Waals surface area (Å²) in [4.78, 5) is 65.2. The van der Waals surface area contributed by atoms with Gasteiger partial charge in [-0.05, 0) is 42.9 Å². The average Bonchev–Trinajstić information content (AvgIpc) is 3.67. The van der Waals surface area contributed by atoms with Crippen molar-refractivity contribution in [2.45, 2.75) is 50.5 Å². The summed E-state index contributed by atoms with van der Waals surface area (Å²) in [5.74, 6) is -0.174. The van der Waals surface area contributed by atoms with Gasteiger partial charge < -0.3 is 19.7 Å². The highest BCUT2D eigenvalue weighted by atomic mass is 32.2. The number of carbonyl (C=O) groups excluding carboxylic acids is 4. The fraction of sp³-hybridized carbons (Fsp3) is 0.467. The standard InChI is InChI=1S/C30H36N4O8S/c1-2-3-15-41-29(37)31-17-22-13-14-32(18-22)27(35)26-16-25(43-28(36)23-7-5-4-6-8-23)19-33(26)30(38)42-20-21-9-11-24(12-10-21)34(39)40/h4-12,22,25-26H,2-3,13-20H2,1H3,(H,31,37)/t22?,25-,26-/m0/s1. The van der Waals surface area contributed by atoms with Gasteiger partial charge >= 0.3 is 12.2 Å². The third-order valence-electron chi connectivity index (χ3n) is 7.44. The number of nitrogens with one attached hydrogen (secondary N) is 1. The van der Waals surface area contributed by atoms with Crippen molar-refractivity contribution in [1.29, 1.82) is 0 Å². The zero-order valence-electron chi connectivity index (χ0n) is 24.0. The first-order chi connectivity index (χ1) is 20.7. The Hall–Kier alpha value is -4.13. The van der Waals surface area contributed by atoms with Crippen molar-refractivity contribution in [3.05, 3.63) is 75.8 Å². The summed E-state index contributed by atoms with van der Waals surface area (Å²) >= 11 is 1.10. The summed E-state index contributed by atoms with van der Waals surface area (Å²) < 4.78 is 10.6. The van der Waals surface area contributed by atoms with Crippen LogP contribution in [0.4, 0.5) is 15.3 Å². The summed E-state index contributed by atoms with van der Waals surface area (Å²) in [5.41, 5.74) is 1.03. The van der Waals surface area contributed by atoms with Crippen LogP contribution in [0, 0.1) is 16.0 Å². The molecule has 2 fully saturated rings. The lowest BCUT2D eigenvalue weighted by Gasteiger charge is -2.27. The minimum Gasteiger partial charge on any atom is -0.450 e. The van der Waals surface area contributed by atoms with Crippen molar-refractivity contribution >= 4 is 40.7 Å². The van der Waals surface area contributed by atoms with E-state index in [-0.39, 0.29) is 47.5 Å². The first-order valence-electron chi connectivity index (χ1n) is 14.4. The van der Waals surface area contributed by atoms with Crippen LogP contribution in [0.3, 0.4) is 0 Å². The first-order valence-corrected chi connectivity index (χ1v) is 15.2. The molecule has 1 N–H and O–H groups in total. The summed E-state index contributed by atoms with van der Waals surface area (Å²) in [6.45, 7) is 3.70. The van der Waals surface area contributed by atoms with Gasteiger partial charge in [-0.2, -0.15) is 0 Å². The van der Waals surface area contributed by atoms with Crippen molar-refractivity contribution in [2.75, 3.05) is 32.8 Å². The lowest BCUT2D eigenvalue weighted by atomic mass is 10.1. The number of hydrogen-bond acceptors (Lipinski definition) is 9. The maximum absolute atomic E-state index is 13.7. The van der Waals surface area contributed by atoms with Crippen LogP contribution in [0.25, 0.3) is 0 Å². The summed E-state index contributed by atoms with van der Waals surface area (Å²) in [6, 6.07) is 13.7. The Morgan fingerprint density at radius 2 is 1.79 bits per heavy atom.